The molecule has 0 spiro atoms. The van der Waals surface area contributed by atoms with E-state index in [1.54, 1.807) is 4.57 Å². The second kappa shape index (κ2) is 15.2. The molecule has 8 nitrogen and oxygen atoms in total. The lowest BCUT2D eigenvalue weighted by atomic mass is 10.1. The molecule has 1 heterocycles. The fourth-order valence-corrected chi connectivity index (χ4v) is 6.01. The number of thioether (sulfide) groups is 1. The molecule has 0 aliphatic carbocycles. The summed E-state index contributed by atoms with van der Waals surface area (Å²) in [6, 6.07) is 4.02. The first kappa shape index (κ1) is 30.1. The van der Waals surface area contributed by atoms with Gasteiger partial charge >= 0.3 is 0 Å². The van der Waals surface area contributed by atoms with Crippen molar-refractivity contribution in [2.24, 2.45) is 0 Å². The molecular formula is C24H40N2O6S3. The molecule has 0 saturated heterocycles. The number of nitrogens with zero attached hydrogens (tertiary/aromatic N) is 2. The van der Waals surface area contributed by atoms with Gasteiger partial charge in [-0.3, -0.25) is 9.11 Å². The van der Waals surface area contributed by atoms with Crippen LogP contribution in [0.25, 0.3) is 11.0 Å². The molecule has 0 bridgehead atoms. The number of rotatable bonds is 19. The van der Waals surface area contributed by atoms with Crippen LogP contribution in [0.4, 0.5) is 0 Å². The zero-order chi connectivity index (χ0) is 25.7. The highest BCUT2D eigenvalue weighted by atomic mass is 32.2. The summed E-state index contributed by atoms with van der Waals surface area (Å²) >= 11 is 1.48. The van der Waals surface area contributed by atoms with Crippen molar-refractivity contribution in [3.63, 3.8) is 0 Å². The molecule has 0 aliphatic heterocycles. The third-order valence-corrected chi connectivity index (χ3v) is 8.65. The van der Waals surface area contributed by atoms with Crippen molar-refractivity contribution in [2.45, 2.75) is 107 Å². The van der Waals surface area contributed by atoms with Crippen LogP contribution in [0.2, 0.25) is 0 Å². The van der Waals surface area contributed by atoms with Crippen LogP contribution in [0.15, 0.2) is 28.3 Å². The fraction of sp³-hybridized carbons (Fsp3) is 0.708. The van der Waals surface area contributed by atoms with E-state index >= 15 is 0 Å². The maximum Gasteiger partial charge on any atom is 0.294 e. The molecule has 0 amide bonds. The number of hydrogen-bond acceptors (Lipinski definition) is 6. The topological polar surface area (TPSA) is 127 Å². The molecule has 0 unspecified atom stereocenters. The second-order valence-corrected chi connectivity index (χ2v) is 13.1. The Balaban J connectivity index is 1.78. The minimum atomic E-state index is -4.40. The Labute approximate surface area is 214 Å². The summed E-state index contributed by atoms with van der Waals surface area (Å²) in [4.78, 5) is 4.22. The van der Waals surface area contributed by atoms with Crippen LogP contribution >= 0.6 is 11.8 Å². The van der Waals surface area contributed by atoms with E-state index in [1.165, 1.54) is 101 Å². The van der Waals surface area contributed by atoms with E-state index in [-0.39, 0.29) is 11.4 Å². The first-order chi connectivity index (χ1) is 16.6. The van der Waals surface area contributed by atoms with Gasteiger partial charge in [-0.1, -0.05) is 95.7 Å². The Bertz CT molecular complexity index is 1110. The van der Waals surface area contributed by atoms with Gasteiger partial charge in [0.05, 0.1) is 21.7 Å². The van der Waals surface area contributed by atoms with Crippen molar-refractivity contribution < 1.29 is 25.9 Å². The van der Waals surface area contributed by atoms with E-state index in [0.29, 0.717) is 16.2 Å². The number of hydrogen-bond donors (Lipinski definition) is 2. The Kier molecular flexibility index (Phi) is 13.1. The third-order valence-electron chi connectivity index (χ3n) is 6.03. The maximum absolute atomic E-state index is 11.5. The zero-order valence-electron chi connectivity index (χ0n) is 20.7. The number of benzene rings is 1. The van der Waals surface area contributed by atoms with E-state index in [9.17, 15) is 21.4 Å². The van der Waals surface area contributed by atoms with Crippen LogP contribution in [-0.2, 0) is 26.8 Å². The van der Waals surface area contributed by atoms with Gasteiger partial charge in [0, 0.05) is 12.3 Å². The lowest BCUT2D eigenvalue weighted by Gasteiger charge is -2.08. The quantitative estimate of drug-likeness (QED) is 0.118. The van der Waals surface area contributed by atoms with E-state index in [2.05, 4.69) is 11.9 Å². The first-order valence-electron chi connectivity index (χ1n) is 12.7. The van der Waals surface area contributed by atoms with Crippen molar-refractivity contribution in [3.8, 4) is 0 Å². The molecule has 0 radical (unpaired) electrons. The zero-order valence-corrected chi connectivity index (χ0v) is 23.1. The molecule has 0 fully saturated rings. The predicted octanol–water partition coefficient (Wildman–Crippen LogP) is 6.35. The number of aryl methyl sites for hydroxylation is 1. The second-order valence-electron chi connectivity index (χ2n) is 9.05. The van der Waals surface area contributed by atoms with E-state index < -0.39 is 26.0 Å². The molecule has 0 aliphatic rings. The summed E-state index contributed by atoms with van der Waals surface area (Å²) in [6.07, 6.45) is 16.6. The largest absolute Gasteiger partial charge is 0.318 e. The van der Waals surface area contributed by atoms with Crippen LogP contribution in [0.1, 0.15) is 90.4 Å². The molecule has 1 aromatic heterocycles. The van der Waals surface area contributed by atoms with Crippen molar-refractivity contribution >= 4 is 43.0 Å². The van der Waals surface area contributed by atoms with Gasteiger partial charge in [-0.05, 0) is 24.6 Å². The van der Waals surface area contributed by atoms with Crippen LogP contribution in [0.3, 0.4) is 0 Å². The molecule has 2 rings (SSSR count). The molecule has 2 N–H and O–H groups in total. The highest BCUT2D eigenvalue weighted by Gasteiger charge is 2.17. The van der Waals surface area contributed by atoms with Gasteiger partial charge in [0.25, 0.3) is 20.2 Å². The van der Waals surface area contributed by atoms with Crippen molar-refractivity contribution in [3.05, 3.63) is 18.2 Å². The van der Waals surface area contributed by atoms with E-state index in [1.807, 2.05) is 0 Å². The maximum atomic E-state index is 11.5. The number of aromatic nitrogens is 2. The Hall–Kier alpha value is -1.14. The van der Waals surface area contributed by atoms with Gasteiger partial charge < -0.3 is 4.57 Å². The Morgan fingerprint density at radius 1 is 0.829 bits per heavy atom. The monoisotopic (exact) mass is 548 g/mol. The molecule has 2 aromatic rings. The molecule has 1 aromatic carbocycles. The average molecular weight is 549 g/mol. The highest BCUT2D eigenvalue weighted by Crippen LogP contribution is 2.27. The van der Waals surface area contributed by atoms with Crippen LogP contribution in [0, 0.1) is 0 Å². The summed E-state index contributed by atoms with van der Waals surface area (Å²) in [5.74, 6) is 0.291. The number of imidazole rings is 1. The molecule has 200 valence electrons. The fourth-order valence-electron chi connectivity index (χ4n) is 4.06. The van der Waals surface area contributed by atoms with Gasteiger partial charge in [-0.15, -0.1) is 0 Å². The van der Waals surface area contributed by atoms with Crippen LogP contribution < -0.4 is 0 Å². The summed E-state index contributed by atoms with van der Waals surface area (Å²) < 4.78 is 65.7. The first-order valence-corrected chi connectivity index (χ1v) is 16.7. The number of fused-ring (bicyclic) bond motifs is 1. The highest BCUT2D eigenvalue weighted by molar-refractivity contribution is 7.99. The van der Waals surface area contributed by atoms with Crippen molar-refractivity contribution in [2.75, 3.05) is 11.5 Å². The van der Waals surface area contributed by atoms with Crippen LogP contribution in [-0.4, -0.2) is 47.0 Å². The summed E-state index contributed by atoms with van der Waals surface area (Å²) in [7, 11) is -8.60. The SMILES string of the molecule is CCCCCCCCCCCCCCCSc1nc2ccc(S(=O)(=O)O)cc2n1CCS(=O)(=O)O. The molecule has 35 heavy (non-hydrogen) atoms. The minimum Gasteiger partial charge on any atom is -0.318 e. The standard InChI is InChI=1S/C24H40N2O6S3/c1-2-3-4-5-6-7-8-9-10-11-12-13-14-18-33-24-25-22-16-15-21(35(30,31)32)20-23(22)26(24)17-19-34(27,28)29/h15-16,20H,2-14,17-19H2,1H3,(H,27,28,29)(H,30,31,32). The average Bonchev–Trinajstić information content (AvgIpc) is 3.13. The Morgan fingerprint density at radius 3 is 1.89 bits per heavy atom. The molecular weight excluding hydrogens is 508 g/mol. The Morgan fingerprint density at radius 2 is 1.37 bits per heavy atom. The van der Waals surface area contributed by atoms with E-state index in [0.717, 1.165) is 18.6 Å². The summed E-state index contributed by atoms with van der Waals surface area (Å²) in [6.45, 7) is 2.18. The van der Waals surface area contributed by atoms with Crippen LogP contribution in [0.5, 0.6) is 0 Å². The van der Waals surface area contributed by atoms with Crippen molar-refractivity contribution in [1.29, 1.82) is 0 Å². The van der Waals surface area contributed by atoms with Gasteiger partial charge in [0.1, 0.15) is 0 Å². The van der Waals surface area contributed by atoms with Gasteiger partial charge in [0.15, 0.2) is 5.16 Å². The lowest BCUT2D eigenvalue weighted by molar-refractivity contribution is 0.476. The van der Waals surface area contributed by atoms with E-state index in [4.69, 9.17) is 4.55 Å². The predicted molar refractivity (Wildman–Crippen MR) is 142 cm³/mol. The number of unbranched alkanes of at least 4 members (excludes halogenated alkanes) is 12. The molecule has 11 heteroatoms. The normalized spacial score (nSPS) is 12.5. The summed E-state index contributed by atoms with van der Waals surface area (Å²) in [5, 5.41) is 0.565. The molecule has 0 atom stereocenters. The van der Waals surface area contributed by atoms with Gasteiger partial charge in [-0.25, -0.2) is 4.98 Å². The van der Waals surface area contributed by atoms with Gasteiger partial charge in [-0.2, -0.15) is 16.8 Å². The minimum absolute atomic E-state index is 0.0643. The third kappa shape index (κ3) is 11.6. The summed E-state index contributed by atoms with van der Waals surface area (Å²) in [5.41, 5.74) is 0.900. The molecule has 0 saturated carbocycles. The van der Waals surface area contributed by atoms with Gasteiger partial charge in [0.2, 0.25) is 0 Å². The smallest absolute Gasteiger partial charge is 0.294 e. The van der Waals surface area contributed by atoms with Crippen molar-refractivity contribution in [1.82, 2.24) is 9.55 Å². The lowest BCUT2D eigenvalue weighted by Crippen LogP contribution is -2.12.